The lowest BCUT2D eigenvalue weighted by atomic mass is 9.84. The van der Waals surface area contributed by atoms with Gasteiger partial charge in [-0.05, 0) is 54.5 Å². The van der Waals surface area contributed by atoms with Crippen LogP contribution in [0, 0.1) is 0 Å². The van der Waals surface area contributed by atoms with Crippen molar-refractivity contribution < 1.29 is 4.79 Å². The molecule has 1 heterocycles. The van der Waals surface area contributed by atoms with Crippen LogP contribution in [0.2, 0.25) is 0 Å². The fraction of sp³-hybridized carbons (Fsp3) is 0.571. The molecule has 1 aromatic rings. The number of likely N-dealkylation sites (N-methyl/N-ethyl adjacent to an activating group) is 1. The van der Waals surface area contributed by atoms with E-state index in [1.165, 1.54) is 0 Å². The summed E-state index contributed by atoms with van der Waals surface area (Å²) in [5.74, 6) is 0.261. The second-order valence-corrected chi connectivity index (χ2v) is 5.66. The summed E-state index contributed by atoms with van der Waals surface area (Å²) in [4.78, 5) is 18.7. The van der Waals surface area contributed by atoms with Crippen LogP contribution in [0.1, 0.15) is 32.3 Å². The maximum absolute atomic E-state index is 12.6. The quantitative estimate of drug-likeness (QED) is 0.809. The molecule has 0 aliphatic carbocycles. The van der Waals surface area contributed by atoms with E-state index >= 15 is 0 Å². The number of carbonyl (C=O) groups is 1. The van der Waals surface area contributed by atoms with Crippen LogP contribution in [0.25, 0.3) is 0 Å². The highest BCUT2D eigenvalue weighted by atomic mass is 79.9. The molecule has 1 rings (SSSR count). The van der Waals surface area contributed by atoms with Gasteiger partial charge >= 0.3 is 0 Å². The lowest BCUT2D eigenvalue weighted by Crippen LogP contribution is -2.50. The topological polar surface area (TPSA) is 33.2 Å². The molecule has 0 amide bonds. The highest BCUT2D eigenvalue weighted by molar-refractivity contribution is 9.10. The maximum Gasteiger partial charge on any atom is 0.157 e. The Bertz CT molecular complexity index is 414. The third kappa shape index (κ3) is 3.18. The molecule has 0 atom stereocenters. The smallest absolute Gasteiger partial charge is 0.157 e. The minimum Gasteiger partial charge on any atom is -0.297 e. The third-order valence-corrected chi connectivity index (χ3v) is 4.10. The molecule has 4 heteroatoms. The Morgan fingerprint density at radius 2 is 1.94 bits per heavy atom. The molecule has 0 aromatic carbocycles. The number of halogens is 1. The number of hydrogen-bond acceptors (Lipinski definition) is 3. The number of hydrogen-bond donors (Lipinski definition) is 0. The van der Waals surface area contributed by atoms with E-state index < -0.39 is 0 Å². The molecule has 0 saturated carbocycles. The van der Waals surface area contributed by atoms with E-state index in [2.05, 4.69) is 34.8 Å². The van der Waals surface area contributed by atoms with Crippen molar-refractivity contribution >= 4 is 21.7 Å². The van der Waals surface area contributed by atoms with Gasteiger partial charge in [0.05, 0.1) is 5.54 Å². The normalized spacial score (nSPS) is 11.9. The summed E-state index contributed by atoms with van der Waals surface area (Å²) in [7, 11) is 3.95. The van der Waals surface area contributed by atoms with Gasteiger partial charge in [0, 0.05) is 23.3 Å². The lowest BCUT2D eigenvalue weighted by molar-refractivity contribution is -0.129. The summed E-state index contributed by atoms with van der Waals surface area (Å²) in [6.07, 6.45) is 5.58. The first-order chi connectivity index (χ1) is 8.46. The summed E-state index contributed by atoms with van der Waals surface area (Å²) >= 11 is 3.38. The molecule has 100 valence electrons. The van der Waals surface area contributed by atoms with Crippen LogP contribution >= 0.6 is 15.9 Å². The van der Waals surface area contributed by atoms with Gasteiger partial charge in [-0.1, -0.05) is 13.8 Å². The summed E-state index contributed by atoms with van der Waals surface area (Å²) in [6.45, 7) is 4.14. The molecule has 1 aromatic heterocycles. The molecule has 0 aliphatic rings. The zero-order chi connectivity index (χ0) is 13.8. The first kappa shape index (κ1) is 15.3. The second kappa shape index (κ2) is 6.43. The minimum atomic E-state index is -0.359. The molecule has 0 aliphatic heterocycles. The van der Waals surface area contributed by atoms with Crippen molar-refractivity contribution in [2.24, 2.45) is 0 Å². The first-order valence-electron chi connectivity index (χ1n) is 6.26. The standard InChI is InChI=1S/C14H21BrN2O/c1-5-14(6-2,17(3)4)13(18)8-11-7-12(15)10-16-9-11/h7,9-10H,5-6,8H2,1-4H3. The van der Waals surface area contributed by atoms with Crippen molar-refractivity contribution in [3.8, 4) is 0 Å². The van der Waals surface area contributed by atoms with Crippen LogP contribution in [0.3, 0.4) is 0 Å². The maximum atomic E-state index is 12.6. The Balaban J connectivity index is 2.92. The molecule has 0 radical (unpaired) electrons. The SMILES string of the molecule is CCC(CC)(C(=O)Cc1cncc(Br)c1)N(C)C. The van der Waals surface area contributed by atoms with Gasteiger partial charge in [-0.15, -0.1) is 0 Å². The van der Waals surface area contributed by atoms with E-state index in [1.807, 2.05) is 25.1 Å². The number of carbonyl (C=O) groups excluding carboxylic acids is 1. The van der Waals surface area contributed by atoms with Gasteiger partial charge in [-0.2, -0.15) is 0 Å². The number of pyridine rings is 1. The Morgan fingerprint density at radius 1 is 1.33 bits per heavy atom. The average Bonchev–Trinajstić information content (AvgIpc) is 2.30. The van der Waals surface area contributed by atoms with Gasteiger partial charge < -0.3 is 0 Å². The Morgan fingerprint density at radius 3 is 2.39 bits per heavy atom. The number of nitrogens with zero attached hydrogens (tertiary/aromatic N) is 2. The van der Waals surface area contributed by atoms with Gasteiger partial charge in [-0.25, -0.2) is 0 Å². The highest BCUT2D eigenvalue weighted by Gasteiger charge is 2.36. The molecular weight excluding hydrogens is 292 g/mol. The van der Waals surface area contributed by atoms with Gasteiger partial charge in [0.25, 0.3) is 0 Å². The van der Waals surface area contributed by atoms with E-state index in [0.717, 1.165) is 22.9 Å². The lowest BCUT2D eigenvalue weighted by Gasteiger charge is -2.37. The van der Waals surface area contributed by atoms with Crippen molar-refractivity contribution in [2.45, 2.75) is 38.6 Å². The molecule has 0 unspecified atom stereocenters. The first-order valence-corrected chi connectivity index (χ1v) is 7.05. The number of Topliss-reactive ketones (excluding diaryl/α,β-unsaturated/α-hetero) is 1. The zero-order valence-corrected chi connectivity index (χ0v) is 13.1. The Labute approximate surface area is 118 Å². The van der Waals surface area contributed by atoms with Gasteiger partial charge in [0.2, 0.25) is 0 Å². The van der Waals surface area contributed by atoms with Crippen LogP contribution in [0.15, 0.2) is 22.9 Å². The van der Waals surface area contributed by atoms with E-state index in [4.69, 9.17) is 0 Å². The molecule has 0 bridgehead atoms. The van der Waals surface area contributed by atoms with Crippen LogP contribution in [0.4, 0.5) is 0 Å². The third-order valence-electron chi connectivity index (χ3n) is 3.67. The van der Waals surface area contributed by atoms with Crippen molar-refractivity contribution in [3.63, 3.8) is 0 Å². The summed E-state index contributed by atoms with van der Waals surface area (Å²) in [5, 5.41) is 0. The van der Waals surface area contributed by atoms with Crippen molar-refractivity contribution in [2.75, 3.05) is 14.1 Å². The summed E-state index contributed by atoms with van der Waals surface area (Å²) in [5.41, 5.74) is 0.602. The average molecular weight is 313 g/mol. The van der Waals surface area contributed by atoms with Gasteiger partial charge in [0.15, 0.2) is 5.78 Å². The molecule has 0 spiro atoms. The predicted molar refractivity (Wildman–Crippen MR) is 77.6 cm³/mol. The van der Waals surface area contributed by atoms with Crippen LogP contribution in [0.5, 0.6) is 0 Å². The molecule has 3 nitrogen and oxygen atoms in total. The van der Waals surface area contributed by atoms with E-state index in [1.54, 1.807) is 12.4 Å². The van der Waals surface area contributed by atoms with Gasteiger partial charge in [-0.3, -0.25) is 14.7 Å². The molecule has 0 saturated heterocycles. The fourth-order valence-electron chi connectivity index (χ4n) is 2.43. The number of aromatic nitrogens is 1. The fourth-order valence-corrected chi connectivity index (χ4v) is 2.84. The Hall–Kier alpha value is -0.740. The molecule has 0 N–H and O–H groups in total. The summed E-state index contributed by atoms with van der Waals surface area (Å²) < 4.78 is 0.913. The number of rotatable bonds is 6. The number of ketones is 1. The van der Waals surface area contributed by atoms with E-state index in [0.29, 0.717) is 6.42 Å². The van der Waals surface area contributed by atoms with E-state index in [9.17, 15) is 4.79 Å². The van der Waals surface area contributed by atoms with E-state index in [-0.39, 0.29) is 11.3 Å². The largest absolute Gasteiger partial charge is 0.297 e. The van der Waals surface area contributed by atoms with Crippen LogP contribution < -0.4 is 0 Å². The monoisotopic (exact) mass is 312 g/mol. The van der Waals surface area contributed by atoms with Crippen molar-refractivity contribution in [1.29, 1.82) is 0 Å². The minimum absolute atomic E-state index is 0.261. The highest BCUT2D eigenvalue weighted by Crippen LogP contribution is 2.24. The molecular formula is C14H21BrN2O. The van der Waals surface area contributed by atoms with Gasteiger partial charge in [0.1, 0.15) is 0 Å². The van der Waals surface area contributed by atoms with Crippen LogP contribution in [-0.2, 0) is 11.2 Å². The van der Waals surface area contributed by atoms with Crippen molar-refractivity contribution in [1.82, 2.24) is 9.88 Å². The summed E-state index contributed by atoms with van der Waals surface area (Å²) in [6, 6.07) is 1.95. The Kier molecular flexibility index (Phi) is 5.47. The predicted octanol–water partition coefficient (Wildman–Crippen LogP) is 3.08. The molecule has 18 heavy (non-hydrogen) atoms. The molecule has 0 fully saturated rings. The van der Waals surface area contributed by atoms with Crippen LogP contribution in [-0.4, -0.2) is 35.3 Å². The van der Waals surface area contributed by atoms with Crippen molar-refractivity contribution in [3.05, 3.63) is 28.5 Å². The second-order valence-electron chi connectivity index (χ2n) is 4.74. The zero-order valence-electron chi connectivity index (χ0n) is 11.5.